The number of imidazole rings is 1. The number of carboxylic acid groups (broad SMARTS) is 1. The van der Waals surface area contributed by atoms with E-state index in [0.717, 1.165) is 28.5 Å². The maximum absolute atomic E-state index is 14.2. The summed E-state index contributed by atoms with van der Waals surface area (Å²) in [5, 5.41) is 13.0. The van der Waals surface area contributed by atoms with E-state index < -0.39 is 23.4 Å². The maximum Gasteiger partial charge on any atom is 0.340 e. The van der Waals surface area contributed by atoms with E-state index in [0.29, 0.717) is 27.9 Å². The van der Waals surface area contributed by atoms with Crippen LogP contribution in [0, 0.1) is 26.6 Å². The number of fused-ring (bicyclic) bond motifs is 2. The molecule has 8 heteroatoms. The summed E-state index contributed by atoms with van der Waals surface area (Å²) in [4.78, 5) is 29.5. The summed E-state index contributed by atoms with van der Waals surface area (Å²) in [6, 6.07) is 10.9. The molecule has 3 aromatic heterocycles. The van der Waals surface area contributed by atoms with Gasteiger partial charge in [-0.05, 0) is 63.6 Å². The van der Waals surface area contributed by atoms with Crippen LogP contribution in [0.3, 0.4) is 0 Å². The number of benzene rings is 2. The summed E-state index contributed by atoms with van der Waals surface area (Å²) in [5.74, 6) is -1.76. The first-order valence-electron chi connectivity index (χ1n) is 11.5. The number of nitrogens with zero attached hydrogens (tertiary/aromatic N) is 2. The van der Waals surface area contributed by atoms with Crippen LogP contribution in [0.2, 0.25) is 0 Å². The molecule has 3 heterocycles. The third kappa shape index (κ3) is 3.90. The number of aryl methyl sites for hydroxylation is 2. The number of hydrogen-bond acceptors (Lipinski definition) is 5. The maximum atomic E-state index is 14.2. The first-order chi connectivity index (χ1) is 17.1. The quantitative estimate of drug-likeness (QED) is 0.315. The number of nitrogens with one attached hydrogen (secondary N) is 1. The third-order valence-corrected chi connectivity index (χ3v) is 6.29. The molecule has 5 rings (SSSR count). The molecular weight excluding hydrogens is 461 g/mol. The number of carboxylic acids is 1. The SMILES string of the molecule is Cc1cc(C(C)Nc2cccc(F)c2C(=O)O)c2oc(-c3ccc4nc(C)cn4c3)c(C)c(=O)c2c1. The van der Waals surface area contributed by atoms with Crippen LogP contribution in [0.5, 0.6) is 0 Å². The van der Waals surface area contributed by atoms with Crippen molar-refractivity contribution >= 4 is 28.3 Å². The van der Waals surface area contributed by atoms with Gasteiger partial charge in [0, 0.05) is 29.1 Å². The van der Waals surface area contributed by atoms with Crippen LogP contribution >= 0.6 is 0 Å². The van der Waals surface area contributed by atoms with Crippen molar-refractivity contribution in [2.24, 2.45) is 0 Å². The minimum atomic E-state index is -1.37. The molecule has 2 N–H and O–H groups in total. The van der Waals surface area contributed by atoms with Crippen LogP contribution in [-0.2, 0) is 0 Å². The first-order valence-corrected chi connectivity index (χ1v) is 11.5. The zero-order valence-corrected chi connectivity index (χ0v) is 20.2. The Balaban J connectivity index is 1.68. The normalized spacial score (nSPS) is 12.2. The lowest BCUT2D eigenvalue weighted by Gasteiger charge is -2.20. The molecule has 0 fully saturated rings. The molecule has 1 atom stereocenters. The zero-order valence-electron chi connectivity index (χ0n) is 20.2. The van der Waals surface area contributed by atoms with Crippen molar-refractivity contribution < 1.29 is 18.7 Å². The molecule has 5 aromatic rings. The van der Waals surface area contributed by atoms with Gasteiger partial charge in [-0.2, -0.15) is 0 Å². The van der Waals surface area contributed by atoms with Crippen LogP contribution in [-0.4, -0.2) is 20.5 Å². The Morgan fingerprint density at radius 3 is 2.67 bits per heavy atom. The van der Waals surface area contributed by atoms with Crippen LogP contribution < -0.4 is 10.7 Å². The second kappa shape index (κ2) is 8.64. The van der Waals surface area contributed by atoms with Gasteiger partial charge in [-0.25, -0.2) is 14.2 Å². The van der Waals surface area contributed by atoms with Crippen LogP contribution in [0.4, 0.5) is 10.1 Å². The molecular formula is C28H24FN3O4. The van der Waals surface area contributed by atoms with E-state index in [2.05, 4.69) is 10.3 Å². The highest BCUT2D eigenvalue weighted by Gasteiger charge is 2.22. The van der Waals surface area contributed by atoms with Gasteiger partial charge in [-0.15, -0.1) is 0 Å². The molecule has 7 nitrogen and oxygen atoms in total. The van der Waals surface area contributed by atoms with Crippen LogP contribution in [0.25, 0.3) is 27.9 Å². The number of anilines is 1. The van der Waals surface area contributed by atoms with Gasteiger partial charge in [0.2, 0.25) is 0 Å². The molecule has 36 heavy (non-hydrogen) atoms. The molecule has 0 amide bonds. The highest BCUT2D eigenvalue weighted by Crippen LogP contribution is 2.33. The largest absolute Gasteiger partial charge is 0.478 e. The Hall–Kier alpha value is -4.46. The van der Waals surface area contributed by atoms with Gasteiger partial charge in [-0.1, -0.05) is 12.1 Å². The fraction of sp³-hybridized carbons (Fsp3) is 0.179. The highest BCUT2D eigenvalue weighted by atomic mass is 19.1. The molecule has 0 aliphatic rings. The van der Waals surface area contributed by atoms with Gasteiger partial charge in [0.1, 0.15) is 28.4 Å². The van der Waals surface area contributed by atoms with E-state index in [4.69, 9.17) is 4.42 Å². The summed E-state index contributed by atoms with van der Waals surface area (Å²) >= 11 is 0. The van der Waals surface area contributed by atoms with Gasteiger partial charge < -0.3 is 19.2 Å². The van der Waals surface area contributed by atoms with Crippen molar-refractivity contribution in [3.63, 3.8) is 0 Å². The molecule has 0 saturated heterocycles. The number of halogens is 1. The Bertz CT molecular complexity index is 1740. The van der Waals surface area contributed by atoms with Gasteiger partial charge in [0.25, 0.3) is 0 Å². The van der Waals surface area contributed by atoms with E-state index in [-0.39, 0.29) is 11.1 Å². The molecule has 0 aliphatic carbocycles. The van der Waals surface area contributed by atoms with E-state index in [9.17, 15) is 19.1 Å². The summed E-state index contributed by atoms with van der Waals surface area (Å²) in [6.07, 6.45) is 3.76. The van der Waals surface area contributed by atoms with Crippen molar-refractivity contribution in [3.8, 4) is 11.3 Å². The van der Waals surface area contributed by atoms with Crippen LogP contribution in [0.1, 0.15) is 45.7 Å². The number of pyridine rings is 1. The Kier molecular flexibility index (Phi) is 5.59. The molecule has 0 aliphatic heterocycles. The molecule has 0 bridgehead atoms. The number of hydrogen-bond donors (Lipinski definition) is 2. The predicted octanol–water partition coefficient (Wildman–Crippen LogP) is 6.04. The van der Waals surface area contributed by atoms with E-state index in [1.807, 2.05) is 55.8 Å². The van der Waals surface area contributed by atoms with Crippen LogP contribution in [0.15, 0.2) is 64.1 Å². The monoisotopic (exact) mass is 485 g/mol. The Morgan fingerprint density at radius 1 is 1.14 bits per heavy atom. The van der Waals surface area contributed by atoms with Gasteiger partial charge in [0.15, 0.2) is 5.43 Å². The van der Waals surface area contributed by atoms with Gasteiger partial charge in [0.05, 0.1) is 22.8 Å². The first kappa shape index (κ1) is 23.3. The van der Waals surface area contributed by atoms with E-state index >= 15 is 0 Å². The second-order valence-electron chi connectivity index (χ2n) is 9.02. The molecule has 2 aromatic carbocycles. The summed E-state index contributed by atoms with van der Waals surface area (Å²) in [6.45, 7) is 7.33. The average Bonchev–Trinajstić information content (AvgIpc) is 3.20. The van der Waals surface area contributed by atoms with Crippen molar-refractivity contribution in [1.82, 2.24) is 9.38 Å². The second-order valence-corrected chi connectivity index (χ2v) is 9.02. The molecule has 182 valence electrons. The standard InChI is InChI=1S/C28H24FN3O4/c1-14-10-19(17(4)31-22-7-5-6-21(29)24(22)28(34)35)27-20(11-14)25(33)16(3)26(36-27)18-8-9-23-30-15(2)12-32(23)13-18/h5-13,17,31H,1-4H3,(H,34,35). The van der Waals surface area contributed by atoms with Crippen molar-refractivity contribution in [1.29, 1.82) is 0 Å². The smallest absolute Gasteiger partial charge is 0.340 e. The predicted molar refractivity (Wildman–Crippen MR) is 136 cm³/mol. The van der Waals surface area contributed by atoms with Crippen molar-refractivity contribution in [3.05, 3.63) is 98.8 Å². The minimum absolute atomic E-state index is 0.139. The topological polar surface area (TPSA) is 96.8 Å². The summed E-state index contributed by atoms with van der Waals surface area (Å²) < 4.78 is 22.5. The fourth-order valence-electron chi connectivity index (χ4n) is 4.59. The molecule has 0 radical (unpaired) electrons. The van der Waals surface area contributed by atoms with E-state index in [1.54, 1.807) is 13.0 Å². The third-order valence-electron chi connectivity index (χ3n) is 6.29. The lowest BCUT2D eigenvalue weighted by molar-refractivity contribution is 0.0693. The number of carbonyl (C=O) groups is 1. The Labute approximate surface area is 205 Å². The summed E-state index contributed by atoms with van der Waals surface area (Å²) in [7, 11) is 0. The minimum Gasteiger partial charge on any atom is -0.478 e. The molecule has 0 spiro atoms. The number of aromatic nitrogens is 2. The van der Waals surface area contributed by atoms with Gasteiger partial charge in [-0.3, -0.25) is 4.79 Å². The average molecular weight is 486 g/mol. The Morgan fingerprint density at radius 2 is 1.92 bits per heavy atom. The molecule has 0 saturated carbocycles. The van der Waals surface area contributed by atoms with Crippen molar-refractivity contribution in [2.45, 2.75) is 33.7 Å². The molecule has 1 unspecified atom stereocenters. The lowest BCUT2D eigenvalue weighted by Crippen LogP contribution is -2.14. The number of aromatic carboxylic acids is 1. The zero-order chi connectivity index (χ0) is 25.7. The highest BCUT2D eigenvalue weighted by molar-refractivity contribution is 5.94. The van der Waals surface area contributed by atoms with E-state index in [1.165, 1.54) is 12.1 Å². The van der Waals surface area contributed by atoms with Gasteiger partial charge >= 0.3 is 5.97 Å². The number of rotatable bonds is 5. The summed E-state index contributed by atoms with van der Waals surface area (Å²) in [5.41, 5.74) is 4.31. The fourth-order valence-corrected chi connectivity index (χ4v) is 4.59. The lowest BCUT2D eigenvalue weighted by atomic mass is 9.98. The van der Waals surface area contributed by atoms with Crippen molar-refractivity contribution in [2.75, 3.05) is 5.32 Å².